The summed E-state index contributed by atoms with van der Waals surface area (Å²) in [5, 5.41) is 7.18. The average Bonchev–Trinajstić information content (AvgIpc) is 3.21. The predicted octanol–water partition coefficient (Wildman–Crippen LogP) is 3.38. The number of nitrogens with zero attached hydrogens (tertiary/aromatic N) is 3. The van der Waals surface area contributed by atoms with E-state index < -0.39 is 26.7 Å². The molecule has 12 heteroatoms. The van der Waals surface area contributed by atoms with Crippen molar-refractivity contribution in [2.24, 2.45) is 0 Å². The van der Waals surface area contributed by atoms with Crippen molar-refractivity contribution in [2.75, 3.05) is 26.2 Å². The summed E-state index contributed by atoms with van der Waals surface area (Å²) in [7, 11) is -4.27. The van der Waals surface area contributed by atoms with Gasteiger partial charge >= 0.3 is 6.18 Å². The van der Waals surface area contributed by atoms with E-state index in [0.29, 0.717) is 17.1 Å². The quantitative estimate of drug-likeness (QED) is 0.633. The lowest BCUT2D eigenvalue weighted by atomic mass is 10.1. The number of benzene rings is 2. The molecule has 0 spiro atoms. The molecule has 2 aromatic carbocycles. The molecule has 1 aliphatic rings. The number of fused-ring (bicyclic) bond motifs is 1. The number of carbonyl (C=O) groups excluding carboxylic acids is 1. The van der Waals surface area contributed by atoms with Gasteiger partial charge in [0.05, 0.1) is 27.9 Å². The minimum Gasteiger partial charge on any atom is -0.336 e. The van der Waals surface area contributed by atoms with Crippen LogP contribution in [0.15, 0.2) is 47.5 Å². The lowest BCUT2D eigenvalue weighted by Crippen LogP contribution is -2.50. The number of aromatic amines is 1. The van der Waals surface area contributed by atoms with Crippen LogP contribution in [-0.2, 0) is 16.2 Å². The Hall–Kier alpha value is -2.63. The number of para-hydroxylation sites is 1. The van der Waals surface area contributed by atoms with Gasteiger partial charge in [-0.05, 0) is 24.3 Å². The van der Waals surface area contributed by atoms with E-state index >= 15 is 0 Å². The first kappa shape index (κ1) is 21.6. The topological polar surface area (TPSA) is 86.4 Å². The Morgan fingerprint density at radius 1 is 1.10 bits per heavy atom. The van der Waals surface area contributed by atoms with Gasteiger partial charge < -0.3 is 4.90 Å². The maximum absolute atomic E-state index is 13.0. The first-order valence-corrected chi connectivity index (χ1v) is 11.0. The summed E-state index contributed by atoms with van der Waals surface area (Å²) in [5.41, 5.74) is -0.109. The number of sulfonamides is 1. The molecule has 1 aliphatic heterocycles. The zero-order valence-electron chi connectivity index (χ0n) is 15.9. The zero-order valence-corrected chi connectivity index (χ0v) is 17.4. The van der Waals surface area contributed by atoms with Gasteiger partial charge in [0.25, 0.3) is 5.91 Å². The van der Waals surface area contributed by atoms with E-state index in [-0.39, 0.29) is 37.1 Å². The molecule has 31 heavy (non-hydrogen) atoms. The largest absolute Gasteiger partial charge is 0.416 e. The van der Waals surface area contributed by atoms with Crippen molar-refractivity contribution >= 4 is 38.4 Å². The average molecular weight is 473 g/mol. The Labute approximate surface area is 180 Å². The van der Waals surface area contributed by atoms with E-state index in [1.807, 2.05) is 0 Å². The number of nitrogens with one attached hydrogen (secondary N) is 1. The number of carbonyl (C=O) groups is 1. The molecule has 1 amide bonds. The number of aromatic nitrogens is 2. The van der Waals surface area contributed by atoms with Crippen LogP contribution in [0, 0.1) is 0 Å². The minimum atomic E-state index is -4.70. The van der Waals surface area contributed by atoms with Crippen molar-refractivity contribution in [3.8, 4) is 0 Å². The molecule has 1 N–H and O–H groups in total. The molecule has 0 saturated carbocycles. The third-order valence-electron chi connectivity index (χ3n) is 5.11. The van der Waals surface area contributed by atoms with Gasteiger partial charge in [0.15, 0.2) is 0 Å². The lowest BCUT2D eigenvalue weighted by molar-refractivity contribution is -0.137. The van der Waals surface area contributed by atoms with E-state index in [2.05, 4.69) is 10.2 Å². The summed E-state index contributed by atoms with van der Waals surface area (Å²) in [6.07, 6.45) is -3.11. The van der Waals surface area contributed by atoms with Crippen molar-refractivity contribution in [1.29, 1.82) is 0 Å². The second kappa shape index (κ2) is 7.81. The highest BCUT2D eigenvalue weighted by Crippen LogP contribution is 2.34. The van der Waals surface area contributed by atoms with Crippen molar-refractivity contribution in [1.82, 2.24) is 19.4 Å². The molecule has 3 aromatic rings. The molecule has 1 saturated heterocycles. The summed E-state index contributed by atoms with van der Waals surface area (Å²) >= 11 is 5.91. The number of H-pyrrole nitrogens is 1. The first-order valence-electron chi connectivity index (χ1n) is 9.17. The summed E-state index contributed by atoms with van der Waals surface area (Å²) in [4.78, 5) is 13.8. The Kier molecular flexibility index (Phi) is 5.44. The van der Waals surface area contributed by atoms with Crippen LogP contribution in [-0.4, -0.2) is 59.9 Å². The molecule has 0 radical (unpaired) electrons. The maximum Gasteiger partial charge on any atom is 0.416 e. The number of rotatable bonds is 3. The fourth-order valence-corrected chi connectivity index (χ4v) is 5.39. The van der Waals surface area contributed by atoms with Gasteiger partial charge in [0.2, 0.25) is 10.0 Å². The van der Waals surface area contributed by atoms with Gasteiger partial charge in [-0.15, -0.1) is 0 Å². The zero-order chi connectivity index (χ0) is 22.4. The van der Waals surface area contributed by atoms with Crippen LogP contribution in [0.4, 0.5) is 13.2 Å². The SMILES string of the molecule is O=C(c1cccc2cn[nH]c12)N1CCN(S(=O)(=O)c2cc(C(F)(F)F)ccc2Cl)CC1. The summed E-state index contributed by atoms with van der Waals surface area (Å²) in [6, 6.07) is 7.36. The molecule has 4 rings (SSSR count). The van der Waals surface area contributed by atoms with Crippen molar-refractivity contribution < 1.29 is 26.4 Å². The standard InChI is InChI=1S/C19H16ClF3N4O3S/c20-15-5-4-13(19(21,22)23)10-16(15)31(29,30)27-8-6-26(7-9-27)18(28)14-3-1-2-12-11-24-25-17(12)14/h1-5,10-11H,6-9H2,(H,24,25). The maximum atomic E-state index is 13.0. The molecule has 1 aromatic heterocycles. The van der Waals surface area contributed by atoms with E-state index in [9.17, 15) is 26.4 Å². The second-order valence-corrected chi connectivity index (χ2v) is 9.29. The molecule has 0 atom stereocenters. The van der Waals surface area contributed by atoms with E-state index in [1.54, 1.807) is 24.4 Å². The number of amides is 1. The van der Waals surface area contributed by atoms with Gasteiger partial charge in [-0.1, -0.05) is 23.7 Å². The molecular formula is C19H16ClF3N4O3S. The second-order valence-electron chi connectivity index (χ2n) is 6.98. The fraction of sp³-hybridized carbons (Fsp3) is 0.263. The van der Waals surface area contributed by atoms with E-state index in [4.69, 9.17) is 11.6 Å². The predicted molar refractivity (Wildman–Crippen MR) is 107 cm³/mol. The molecule has 1 fully saturated rings. The smallest absolute Gasteiger partial charge is 0.336 e. The molecule has 7 nitrogen and oxygen atoms in total. The Bertz CT molecular complexity index is 1250. The van der Waals surface area contributed by atoms with Crippen LogP contribution >= 0.6 is 11.6 Å². The molecule has 0 aliphatic carbocycles. The van der Waals surface area contributed by atoms with E-state index in [0.717, 1.165) is 21.8 Å². The fourth-order valence-electron chi connectivity index (χ4n) is 3.47. The van der Waals surface area contributed by atoms with Gasteiger partial charge in [-0.2, -0.15) is 22.6 Å². The monoisotopic (exact) mass is 472 g/mol. The van der Waals surface area contributed by atoms with Crippen LogP contribution in [0.3, 0.4) is 0 Å². The molecule has 0 bridgehead atoms. The number of piperazine rings is 1. The highest BCUT2D eigenvalue weighted by Gasteiger charge is 2.36. The minimum absolute atomic E-state index is 0.0698. The van der Waals surface area contributed by atoms with Crippen LogP contribution in [0.1, 0.15) is 15.9 Å². The van der Waals surface area contributed by atoms with Crippen LogP contribution < -0.4 is 0 Å². The Morgan fingerprint density at radius 3 is 2.48 bits per heavy atom. The van der Waals surface area contributed by atoms with Crippen LogP contribution in [0.25, 0.3) is 10.9 Å². The van der Waals surface area contributed by atoms with Gasteiger partial charge in [0.1, 0.15) is 4.90 Å². The Morgan fingerprint density at radius 2 is 1.81 bits per heavy atom. The number of hydrogen-bond acceptors (Lipinski definition) is 4. The molecule has 164 valence electrons. The lowest BCUT2D eigenvalue weighted by Gasteiger charge is -2.34. The number of alkyl halides is 3. The van der Waals surface area contributed by atoms with Crippen molar-refractivity contribution in [3.05, 3.63) is 58.7 Å². The summed E-state index contributed by atoms with van der Waals surface area (Å²) in [6.45, 7) is 0.0253. The molecule has 2 heterocycles. The first-order chi connectivity index (χ1) is 14.6. The molecule has 0 unspecified atom stereocenters. The number of hydrogen-bond donors (Lipinski definition) is 1. The van der Waals surface area contributed by atoms with Crippen molar-refractivity contribution in [3.63, 3.8) is 0 Å². The third kappa shape index (κ3) is 4.00. The van der Waals surface area contributed by atoms with Gasteiger partial charge in [-0.25, -0.2) is 8.42 Å². The Balaban J connectivity index is 1.53. The van der Waals surface area contributed by atoms with E-state index in [1.165, 1.54) is 4.90 Å². The molecular weight excluding hydrogens is 457 g/mol. The van der Waals surface area contributed by atoms with Gasteiger partial charge in [0, 0.05) is 31.6 Å². The van der Waals surface area contributed by atoms with Crippen molar-refractivity contribution in [2.45, 2.75) is 11.1 Å². The highest BCUT2D eigenvalue weighted by atomic mass is 35.5. The normalized spacial score (nSPS) is 16.1. The summed E-state index contributed by atoms with van der Waals surface area (Å²) in [5.74, 6) is -0.288. The van der Waals surface area contributed by atoms with Crippen LogP contribution in [0.5, 0.6) is 0 Å². The number of halogens is 4. The van der Waals surface area contributed by atoms with Gasteiger partial charge in [-0.3, -0.25) is 9.89 Å². The third-order valence-corrected chi connectivity index (χ3v) is 7.49. The summed E-state index contributed by atoms with van der Waals surface area (Å²) < 4.78 is 65.9. The van der Waals surface area contributed by atoms with Crippen LogP contribution in [0.2, 0.25) is 5.02 Å². The highest BCUT2D eigenvalue weighted by molar-refractivity contribution is 7.89.